The molecule has 3 aliphatic rings. The second kappa shape index (κ2) is 7.41. The molecular weight excluding hydrogens is 414 g/mol. The van der Waals surface area contributed by atoms with Gasteiger partial charge in [0.1, 0.15) is 23.8 Å². The molecule has 0 N–H and O–H groups in total. The highest BCUT2D eigenvalue weighted by molar-refractivity contribution is 5.82. The van der Waals surface area contributed by atoms with Crippen LogP contribution in [0.25, 0.3) is 0 Å². The summed E-state index contributed by atoms with van der Waals surface area (Å²) in [4.78, 5) is 33.6. The zero-order valence-electron chi connectivity index (χ0n) is 20.0. The lowest BCUT2D eigenvalue weighted by atomic mass is 9.92. The van der Waals surface area contributed by atoms with E-state index in [-0.39, 0.29) is 23.4 Å². The van der Waals surface area contributed by atoms with Crippen LogP contribution in [-0.4, -0.2) is 57.5 Å². The van der Waals surface area contributed by atoms with E-state index in [1.54, 1.807) is 18.6 Å². The molecule has 1 saturated heterocycles. The molecule has 0 bridgehead atoms. The van der Waals surface area contributed by atoms with E-state index in [1.807, 2.05) is 31.7 Å². The normalized spacial score (nSPS) is 23.5. The van der Waals surface area contributed by atoms with Gasteiger partial charge in [0.05, 0.1) is 11.6 Å². The standard InChI is InChI=1S/C25H31N7O/c1-16-13-31(23(33)24(3,4)5)17(2)12-30(16)21-20-22(29-15-28-21)32(14-25(20)7-8-25)19-10-18(11-26)6-9-27-19/h6,9-10,15-17H,7-8,12-14H2,1-5H3/t16-,17+/m1/s1. The molecule has 2 aromatic rings. The van der Waals surface area contributed by atoms with Crippen molar-refractivity contribution in [3.63, 3.8) is 0 Å². The summed E-state index contributed by atoms with van der Waals surface area (Å²) in [5.41, 5.74) is 1.44. The summed E-state index contributed by atoms with van der Waals surface area (Å²) in [5.74, 6) is 2.83. The Morgan fingerprint density at radius 2 is 1.85 bits per heavy atom. The quantitative estimate of drug-likeness (QED) is 0.700. The van der Waals surface area contributed by atoms with E-state index in [9.17, 15) is 10.1 Å². The number of anilines is 3. The third-order valence-electron chi connectivity index (χ3n) is 7.22. The van der Waals surface area contributed by atoms with Crippen molar-refractivity contribution in [2.75, 3.05) is 29.4 Å². The number of nitrogens with zero attached hydrogens (tertiary/aromatic N) is 7. The lowest BCUT2D eigenvalue weighted by Crippen LogP contribution is -2.60. The van der Waals surface area contributed by atoms with E-state index in [0.29, 0.717) is 12.1 Å². The fourth-order valence-corrected chi connectivity index (χ4v) is 5.24. The highest BCUT2D eigenvalue weighted by Crippen LogP contribution is 2.59. The number of aromatic nitrogens is 3. The van der Waals surface area contributed by atoms with E-state index in [4.69, 9.17) is 4.98 Å². The van der Waals surface area contributed by atoms with Crippen LogP contribution in [0.3, 0.4) is 0 Å². The Morgan fingerprint density at radius 1 is 1.12 bits per heavy atom. The van der Waals surface area contributed by atoms with Gasteiger partial charge >= 0.3 is 0 Å². The van der Waals surface area contributed by atoms with Crippen LogP contribution < -0.4 is 9.80 Å². The van der Waals surface area contributed by atoms with Gasteiger partial charge in [0, 0.05) is 54.3 Å². The van der Waals surface area contributed by atoms with Gasteiger partial charge in [-0.15, -0.1) is 0 Å². The number of hydrogen-bond donors (Lipinski definition) is 0. The number of rotatable bonds is 2. The number of nitriles is 1. The van der Waals surface area contributed by atoms with Crippen molar-refractivity contribution in [2.45, 2.75) is 65.0 Å². The average molecular weight is 446 g/mol. The van der Waals surface area contributed by atoms with Gasteiger partial charge in [-0.2, -0.15) is 5.26 Å². The zero-order valence-corrected chi connectivity index (χ0v) is 20.0. The largest absolute Gasteiger partial charge is 0.350 e. The Kier molecular flexibility index (Phi) is 4.85. The Bertz CT molecular complexity index is 1140. The van der Waals surface area contributed by atoms with E-state index in [1.165, 1.54) is 5.56 Å². The van der Waals surface area contributed by atoms with E-state index >= 15 is 0 Å². The summed E-state index contributed by atoms with van der Waals surface area (Å²) in [6, 6.07) is 6.01. The van der Waals surface area contributed by atoms with Crippen LogP contribution in [-0.2, 0) is 10.2 Å². The number of fused-ring (bicyclic) bond motifs is 2. The molecule has 0 radical (unpaired) electrons. The number of piperazine rings is 1. The van der Waals surface area contributed by atoms with Crippen LogP contribution in [0, 0.1) is 16.7 Å². The number of carbonyl (C=O) groups excluding carboxylic acids is 1. The maximum atomic E-state index is 13.0. The van der Waals surface area contributed by atoms with Crippen LogP contribution in [0.4, 0.5) is 17.5 Å². The van der Waals surface area contributed by atoms with Gasteiger partial charge in [-0.3, -0.25) is 4.79 Å². The van der Waals surface area contributed by atoms with Crippen LogP contribution in [0.5, 0.6) is 0 Å². The summed E-state index contributed by atoms with van der Waals surface area (Å²) < 4.78 is 0. The van der Waals surface area contributed by atoms with E-state index < -0.39 is 5.41 Å². The molecular formula is C25H31N7O. The fourth-order valence-electron chi connectivity index (χ4n) is 5.24. The van der Waals surface area contributed by atoms with E-state index in [0.717, 1.165) is 43.4 Å². The number of pyridine rings is 1. The molecule has 0 unspecified atom stereocenters. The molecule has 2 aromatic heterocycles. The predicted octanol–water partition coefficient (Wildman–Crippen LogP) is 3.40. The van der Waals surface area contributed by atoms with Crippen LogP contribution >= 0.6 is 0 Å². The maximum absolute atomic E-state index is 13.0. The van der Waals surface area contributed by atoms with Crippen molar-refractivity contribution in [1.82, 2.24) is 19.9 Å². The monoisotopic (exact) mass is 445 g/mol. The molecule has 2 atom stereocenters. The predicted molar refractivity (Wildman–Crippen MR) is 126 cm³/mol. The van der Waals surface area contributed by atoms with Gasteiger partial charge in [-0.1, -0.05) is 20.8 Å². The molecule has 1 saturated carbocycles. The molecule has 33 heavy (non-hydrogen) atoms. The molecule has 5 rings (SSSR count). The first-order chi connectivity index (χ1) is 15.6. The lowest BCUT2D eigenvalue weighted by Gasteiger charge is -2.47. The van der Waals surface area contributed by atoms with Gasteiger partial charge in [-0.25, -0.2) is 15.0 Å². The topological polar surface area (TPSA) is 89.3 Å². The van der Waals surface area contributed by atoms with Crippen molar-refractivity contribution in [1.29, 1.82) is 5.26 Å². The summed E-state index contributed by atoms with van der Waals surface area (Å²) in [5, 5.41) is 9.34. The van der Waals surface area contributed by atoms with Crippen LogP contribution in [0.2, 0.25) is 0 Å². The van der Waals surface area contributed by atoms with E-state index in [2.05, 4.69) is 39.7 Å². The SMILES string of the molecule is C[C@@H]1CN(C(=O)C(C)(C)C)[C@@H](C)CN1c1ncnc2c1C1(CC1)CN2c1cc(C#N)ccn1. The summed E-state index contributed by atoms with van der Waals surface area (Å²) in [6.07, 6.45) is 5.52. The third-order valence-corrected chi connectivity index (χ3v) is 7.22. The minimum atomic E-state index is -0.393. The molecule has 1 aliphatic carbocycles. The second-order valence-corrected chi connectivity index (χ2v) is 10.8. The molecule has 8 nitrogen and oxygen atoms in total. The van der Waals surface area contributed by atoms with Gasteiger partial charge in [0.15, 0.2) is 0 Å². The molecule has 0 aromatic carbocycles. The first-order valence-corrected chi connectivity index (χ1v) is 11.7. The van der Waals surface area contributed by atoms with Crippen molar-refractivity contribution < 1.29 is 4.79 Å². The van der Waals surface area contributed by atoms with Crippen molar-refractivity contribution in [3.8, 4) is 6.07 Å². The maximum Gasteiger partial charge on any atom is 0.228 e. The first-order valence-electron chi connectivity index (χ1n) is 11.7. The van der Waals surface area contributed by atoms with Gasteiger partial charge in [-0.05, 0) is 38.8 Å². The summed E-state index contributed by atoms with van der Waals surface area (Å²) in [6.45, 7) is 12.5. The fraction of sp³-hybridized carbons (Fsp3) is 0.560. The molecule has 2 fully saturated rings. The Labute approximate surface area is 195 Å². The zero-order chi connectivity index (χ0) is 23.5. The Morgan fingerprint density at radius 3 is 2.52 bits per heavy atom. The molecule has 8 heteroatoms. The third kappa shape index (κ3) is 3.50. The average Bonchev–Trinajstić information content (AvgIpc) is 3.49. The van der Waals surface area contributed by atoms with Crippen molar-refractivity contribution >= 4 is 23.4 Å². The smallest absolute Gasteiger partial charge is 0.228 e. The van der Waals surface area contributed by atoms with Crippen LogP contribution in [0.1, 0.15) is 58.6 Å². The second-order valence-electron chi connectivity index (χ2n) is 10.8. The van der Waals surface area contributed by atoms with Crippen molar-refractivity contribution in [3.05, 3.63) is 35.8 Å². The molecule has 172 valence electrons. The molecule has 2 aliphatic heterocycles. The highest BCUT2D eigenvalue weighted by atomic mass is 16.2. The summed E-state index contributed by atoms with van der Waals surface area (Å²) in [7, 11) is 0. The molecule has 1 spiro atoms. The Hall–Kier alpha value is -3.21. The van der Waals surface area contributed by atoms with Gasteiger partial charge < -0.3 is 14.7 Å². The van der Waals surface area contributed by atoms with Gasteiger partial charge in [0.2, 0.25) is 5.91 Å². The first kappa shape index (κ1) is 21.6. The number of amides is 1. The highest BCUT2D eigenvalue weighted by Gasteiger charge is 2.56. The van der Waals surface area contributed by atoms with Crippen LogP contribution in [0.15, 0.2) is 24.7 Å². The minimum absolute atomic E-state index is 0.0393. The Balaban J connectivity index is 1.50. The molecule has 1 amide bonds. The number of hydrogen-bond acceptors (Lipinski definition) is 7. The lowest BCUT2D eigenvalue weighted by molar-refractivity contribution is -0.142. The van der Waals surface area contributed by atoms with Crippen molar-refractivity contribution in [2.24, 2.45) is 5.41 Å². The molecule has 4 heterocycles. The van der Waals surface area contributed by atoms with Gasteiger partial charge in [0.25, 0.3) is 0 Å². The summed E-state index contributed by atoms with van der Waals surface area (Å²) >= 11 is 0. The minimum Gasteiger partial charge on any atom is -0.350 e. The number of carbonyl (C=O) groups is 1.